The molecule has 1 fully saturated rings. The lowest BCUT2D eigenvalue weighted by atomic mass is 10.0. The van der Waals surface area contributed by atoms with Crippen LogP contribution >= 0.6 is 11.8 Å². The van der Waals surface area contributed by atoms with Crippen LogP contribution in [0.2, 0.25) is 0 Å². The number of rotatable bonds is 3. The Bertz CT molecular complexity index is 859. The average Bonchev–Trinajstić information content (AvgIpc) is 3.19. The van der Waals surface area contributed by atoms with Crippen molar-refractivity contribution in [1.82, 2.24) is 15.3 Å². The highest BCUT2D eigenvalue weighted by Gasteiger charge is 2.33. The molecule has 4 nitrogen and oxygen atoms in total. The predicted octanol–water partition coefficient (Wildman–Crippen LogP) is 3.46. The van der Waals surface area contributed by atoms with Crippen molar-refractivity contribution >= 4 is 28.4 Å². The molecule has 0 saturated carbocycles. The minimum Gasteiger partial charge on any atom is -0.358 e. The Labute approximate surface area is 138 Å². The van der Waals surface area contributed by atoms with Crippen LogP contribution in [0.4, 0.5) is 0 Å². The first-order valence-electron chi connectivity index (χ1n) is 7.63. The molecule has 1 aromatic carbocycles. The maximum Gasteiger partial charge on any atom is 0.183 e. The zero-order valence-electron chi connectivity index (χ0n) is 12.7. The van der Waals surface area contributed by atoms with Gasteiger partial charge >= 0.3 is 0 Å². The van der Waals surface area contributed by atoms with Gasteiger partial charge in [-0.25, -0.2) is 0 Å². The Balaban J connectivity index is 1.61. The van der Waals surface area contributed by atoms with E-state index in [1.807, 2.05) is 49.5 Å². The first-order valence-corrected chi connectivity index (χ1v) is 8.68. The van der Waals surface area contributed by atoms with E-state index in [-0.39, 0.29) is 17.2 Å². The van der Waals surface area contributed by atoms with Gasteiger partial charge in [-0.2, -0.15) is 0 Å². The first-order chi connectivity index (χ1) is 11.2. The molecule has 116 valence electrons. The van der Waals surface area contributed by atoms with E-state index in [1.165, 1.54) is 0 Å². The number of carbonyl (C=O) groups is 1. The van der Waals surface area contributed by atoms with Gasteiger partial charge in [-0.15, -0.1) is 11.8 Å². The Morgan fingerprint density at radius 3 is 2.96 bits per heavy atom. The van der Waals surface area contributed by atoms with E-state index in [1.54, 1.807) is 18.0 Å². The number of nitrogens with zero attached hydrogens (tertiary/aromatic N) is 1. The molecule has 2 aromatic heterocycles. The van der Waals surface area contributed by atoms with Crippen LogP contribution in [0, 0.1) is 6.92 Å². The van der Waals surface area contributed by atoms with Crippen molar-refractivity contribution in [1.29, 1.82) is 0 Å². The quantitative estimate of drug-likeness (QED) is 0.725. The second-order valence-corrected chi connectivity index (χ2v) is 6.89. The van der Waals surface area contributed by atoms with Gasteiger partial charge in [-0.3, -0.25) is 15.1 Å². The lowest BCUT2D eigenvalue weighted by Crippen LogP contribution is -2.34. The number of ketones is 1. The van der Waals surface area contributed by atoms with E-state index < -0.39 is 0 Å². The summed E-state index contributed by atoms with van der Waals surface area (Å²) in [7, 11) is 0. The van der Waals surface area contributed by atoms with Crippen molar-refractivity contribution in [2.45, 2.75) is 18.3 Å². The van der Waals surface area contributed by atoms with Crippen LogP contribution in [0.5, 0.6) is 0 Å². The predicted molar refractivity (Wildman–Crippen MR) is 93.7 cm³/mol. The molecule has 2 N–H and O–H groups in total. The van der Waals surface area contributed by atoms with Crippen molar-refractivity contribution in [3.63, 3.8) is 0 Å². The second kappa shape index (κ2) is 5.83. The molecule has 3 heterocycles. The number of aromatic amines is 1. The minimum absolute atomic E-state index is 0.128. The number of benzene rings is 1. The number of pyridine rings is 1. The third kappa shape index (κ3) is 2.56. The topological polar surface area (TPSA) is 57.8 Å². The van der Waals surface area contributed by atoms with Crippen LogP contribution in [0.3, 0.4) is 0 Å². The summed E-state index contributed by atoms with van der Waals surface area (Å²) in [6, 6.07) is 11.8. The fourth-order valence-electron chi connectivity index (χ4n) is 3.11. The molecular weight excluding hydrogens is 306 g/mol. The molecule has 0 spiro atoms. The minimum atomic E-state index is -0.164. The van der Waals surface area contributed by atoms with Gasteiger partial charge in [-0.05, 0) is 24.6 Å². The first kappa shape index (κ1) is 14.5. The number of aryl methyl sites for hydroxylation is 1. The largest absolute Gasteiger partial charge is 0.358 e. The van der Waals surface area contributed by atoms with Crippen LogP contribution < -0.4 is 5.32 Å². The smallest absolute Gasteiger partial charge is 0.183 e. The zero-order valence-corrected chi connectivity index (χ0v) is 13.6. The number of hydrogen-bond donors (Lipinski definition) is 2. The van der Waals surface area contributed by atoms with E-state index in [0.29, 0.717) is 0 Å². The van der Waals surface area contributed by atoms with Crippen LogP contribution in [0.25, 0.3) is 10.9 Å². The average molecular weight is 323 g/mol. The number of nitrogens with one attached hydrogen (secondary N) is 2. The van der Waals surface area contributed by atoms with E-state index in [9.17, 15) is 4.79 Å². The van der Waals surface area contributed by atoms with E-state index in [0.717, 1.165) is 33.5 Å². The molecule has 0 bridgehead atoms. The lowest BCUT2D eigenvalue weighted by molar-refractivity contribution is 0.0957. The Morgan fingerprint density at radius 1 is 1.26 bits per heavy atom. The summed E-state index contributed by atoms with van der Waals surface area (Å²) >= 11 is 1.76. The molecular formula is C18H17N3OS. The molecule has 0 unspecified atom stereocenters. The molecule has 0 amide bonds. The third-order valence-corrected chi connectivity index (χ3v) is 5.49. The maximum absolute atomic E-state index is 13.0. The van der Waals surface area contributed by atoms with Crippen LogP contribution in [-0.2, 0) is 0 Å². The molecule has 4 rings (SSSR count). The second-order valence-electron chi connectivity index (χ2n) is 5.75. The van der Waals surface area contributed by atoms with Crippen molar-refractivity contribution in [2.75, 3.05) is 5.75 Å². The zero-order chi connectivity index (χ0) is 15.8. The lowest BCUT2D eigenvalue weighted by Gasteiger charge is -2.12. The summed E-state index contributed by atoms with van der Waals surface area (Å²) in [6.45, 7) is 1.97. The highest BCUT2D eigenvalue weighted by molar-refractivity contribution is 7.99. The highest BCUT2D eigenvalue weighted by atomic mass is 32.2. The normalized spacial score (nSPS) is 20.9. The number of Topliss-reactive ketones (excluding diaryl/α,β-unsaturated/α-hetero) is 1. The van der Waals surface area contributed by atoms with Crippen LogP contribution in [0.15, 0.2) is 48.8 Å². The maximum atomic E-state index is 13.0. The van der Waals surface area contributed by atoms with Gasteiger partial charge < -0.3 is 4.98 Å². The van der Waals surface area contributed by atoms with Crippen LogP contribution in [0.1, 0.15) is 27.0 Å². The molecule has 5 heteroatoms. The van der Waals surface area contributed by atoms with Gasteiger partial charge in [-0.1, -0.05) is 24.3 Å². The standard InChI is InChI=1S/C18H17N3OS/c1-11-16(13-6-2-3-7-14(13)20-11)17(22)15-10-23-18(21-15)12-5-4-8-19-9-12/h2-9,15,18,20-21H,10H2,1H3/t15-,18+/m0/s1. The van der Waals surface area contributed by atoms with Gasteiger partial charge in [0.05, 0.1) is 11.4 Å². The number of H-pyrrole nitrogens is 1. The molecule has 1 aliphatic heterocycles. The Hall–Kier alpha value is -2.11. The summed E-state index contributed by atoms with van der Waals surface area (Å²) < 4.78 is 0. The van der Waals surface area contributed by atoms with Crippen molar-refractivity contribution in [2.24, 2.45) is 0 Å². The monoisotopic (exact) mass is 323 g/mol. The van der Waals surface area contributed by atoms with Crippen molar-refractivity contribution in [3.05, 3.63) is 65.6 Å². The molecule has 0 radical (unpaired) electrons. The summed E-state index contributed by atoms with van der Waals surface area (Å²) in [4.78, 5) is 20.5. The number of thioether (sulfide) groups is 1. The Kier molecular flexibility index (Phi) is 3.67. The molecule has 2 atom stereocenters. The number of para-hydroxylation sites is 1. The number of aromatic nitrogens is 2. The SMILES string of the molecule is Cc1[nH]c2ccccc2c1C(=O)[C@@H]1CS[C@H](c2cccnc2)N1. The molecule has 3 aromatic rings. The van der Waals surface area contributed by atoms with Crippen LogP contribution in [-0.4, -0.2) is 27.5 Å². The van der Waals surface area contributed by atoms with Gasteiger partial charge in [0.25, 0.3) is 0 Å². The highest BCUT2D eigenvalue weighted by Crippen LogP contribution is 2.34. The summed E-state index contributed by atoms with van der Waals surface area (Å²) in [5.74, 6) is 0.941. The summed E-state index contributed by atoms with van der Waals surface area (Å²) in [5, 5.41) is 4.58. The summed E-state index contributed by atoms with van der Waals surface area (Å²) in [6.07, 6.45) is 3.62. The molecule has 1 aliphatic rings. The fraction of sp³-hybridized carbons (Fsp3) is 0.222. The van der Waals surface area contributed by atoms with Gasteiger partial charge in [0.1, 0.15) is 0 Å². The van der Waals surface area contributed by atoms with E-state index >= 15 is 0 Å². The Morgan fingerprint density at radius 2 is 2.13 bits per heavy atom. The molecule has 1 saturated heterocycles. The van der Waals surface area contributed by atoms with Gasteiger partial charge in [0.15, 0.2) is 5.78 Å². The van der Waals surface area contributed by atoms with E-state index in [4.69, 9.17) is 0 Å². The fourth-order valence-corrected chi connectivity index (χ4v) is 4.34. The van der Waals surface area contributed by atoms with Gasteiger partial charge in [0, 0.05) is 40.3 Å². The van der Waals surface area contributed by atoms with E-state index in [2.05, 4.69) is 15.3 Å². The number of carbonyl (C=O) groups excluding carboxylic acids is 1. The third-order valence-electron chi connectivity index (χ3n) is 4.23. The summed E-state index contributed by atoms with van der Waals surface area (Å²) in [5.41, 5.74) is 3.88. The molecule has 23 heavy (non-hydrogen) atoms. The number of fused-ring (bicyclic) bond motifs is 1. The van der Waals surface area contributed by atoms with Crippen molar-refractivity contribution < 1.29 is 4.79 Å². The molecule has 0 aliphatic carbocycles. The number of hydrogen-bond acceptors (Lipinski definition) is 4. The van der Waals surface area contributed by atoms with Crippen molar-refractivity contribution in [3.8, 4) is 0 Å². The van der Waals surface area contributed by atoms with Gasteiger partial charge in [0.2, 0.25) is 0 Å².